The number of amides is 3. The van der Waals surface area contributed by atoms with Crippen LogP contribution in [-0.2, 0) is 15.6 Å². The predicted octanol–water partition coefficient (Wildman–Crippen LogP) is 7.85. The minimum Gasteiger partial charge on any atom is -0.443 e. The summed E-state index contributed by atoms with van der Waals surface area (Å²) in [5, 5.41) is 2.77. The normalized spacial score (nSPS) is 16.5. The van der Waals surface area contributed by atoms with Gasteiger partial charge in [0.2, 0.25) is 5.91 Å². The Hall–Kier alpha value is -4.35. The monoisotopic (exact) mass is 691 g/mol. The molecular formula is C38H47F2N3O5Si. The third kappa shape index (κ3) is 9.63. The third-order valence-electron chi connectivity index (χ3n) is 8.95. The number of rotatable bonds is 10. The molecule has 0 aromatic heterocycles. The highest BCUT2D eigenvalue weighted by atomic mass is 28.4. The van der Waals surface area contributed by atoms with E-state index in [0.29, 0.717) is 6.42 Å². The van der Waals surface area contributed by atoms with Gasteiger partial charge in [-0.15, -0.1) is 0 Å². The van der Waals surface area contributed by atoms with Crippen LogP contribution in [0.5, 0.6) is 0 Å². The van der Waals surface area contributed by atoms with Crippen molar-refractivity contribution in [3.05, 3.63) is 113 Å². The summed E-state index contributed by atoms with van der Waals surface area (Å²) in [4.78, 5) is 41.3. The van der Waals surface area contributed by atoms with Crippen molar-refractivity contribution in [1.29, 1.82) is 0 Å². The van der Waals surface area contributed by atoms with E-state index in [1.54, 1.807) is 39.1 Å². The van der Waals surface area contributed by atoms with E-state index in [0.717, 1.165) is 17.2 Å². The Kier molecular flexibility index (Phi) is 11.2. The van der Waals surface area contributed by atoms with Gasteiger partial charge in [-0.25, -0.2) is 13.6 Å². The van der Waals surface area contributed by atoms with E-state index in [1.165, 1.54) is 29.2 Å². The quantitative estimate of drug-likeness (QED) is 0.211. The average molecular weight is 692 g/mol. The third-order valence-corrected chi connectivity index (χ3v) is 13.4. The molecule has 3 amide bonds. The molecule has 3 aromatic carbocycles. The first kappa shape index (κ1) is 37.5. The second kappa shape index (κ2) is 14.6. The van der Waals surface area contributed by atoms with Crippen molar-refractivity contribution >= 4 is 31.8 Å². The fraction of sp³-hybridized carbons (Fsp3) is 0.395. The zero-order valence-electron chi connectivity index (χ0n) is 29.5. The topological polar surface area (TPSA) is 111 Å². The summed E-state index contributed by atoms with van der Waals surface area (Å²) in [7, 11) is -2.67. The smallest absolute Gasteiger partial charge is 0.414 e. The Bertz CT molecular complexity index is 1700. The van der Waals surface area contributed by atoms with E-state index in [4.69, 9.17) is 14.9 Å². The number of nitrogens with zero attached hydrogens (tertiary/aromatic N) is 1. The highest BCUT2D eigenvalue weighted by Crippen LogP contribution is 2.41. The second-order valence-corrected chi connectivity index (χ2v) is 19.8. The molecule has 0 unspecified atom stereocenters. The van der Waals surface area contributed by atoms with Crippen LogP contribution in [0.15, 0.2) is 79.0 Å². The van der Waals surface area contributed by atoms with Gasteiger partial charge in [0.05, 0.1) is 18.2 Å². The molecule has 0 aliphatic carbocycles. The van der Waals surface area contributed by atoms with Crippen LogP contribution in [0.2, 0.25) is 18.1 Å². The molecule has 0 radical (unpaired) electrons. The van der Waals surface area contributed by atoms with Crippen LogP contribution < -0.4 is 11.1 Å². The molecule has 4 rings (SSSR count). The largest absolute Gasteiger partial charge is 0.443 e. The zero-order chi connectivity index (χ0) is 36.3. The van der Waals surface area contributed by atoms with Gasteiger partial charge < -0.3 is 20.2 Å². The van der Waals surface area contributed by atoms with Crippen molar-refractivity contribution in [3.8, 4) is 0 Å². The maximum atomic E-state index is 14.5. The van der Waals surface area contributed by atoms with Gasteiger partial charge >= 0.3 is 6.09 Å². The minimum absolute atomic E-state index is 0.0332. The lowest BCUT2D eigenvalue weighted by Crippen LogP contribution is -2.59. The van der Waals surface area contributed by atoms with Gasteiger partial charge in [0.1, 0.15) is 17.2 Å². The Balaban J connectivity index is 1.88. The SMILES string of the molecule is CC(C)(C)OC(=O)N1C=C(c2ccccc2)C[C@@H]1[C@@H](O[Si](C)(C)C(C)(C)C)[C@H](Cc1cc(F)cc(F)c1)NC(=O)c1cccc(C(N)=O)c1. The average Bonchev–Trinajstić information content (AvgIpc) is 3.44. The number of hydrogen-bond donors (Lipinski definition) is 2. The van der Waals surface area contributed by atoms with Crippen molar-refractivity contribution < 1.29 is 32.3 Å². The Morgan fingerprint density at radius 3 is 2.10 bits per heavy atom. The van der Waals surface area contributed by atoms with E-state index in [9.17, 15) is 23.2 Å². The zero-order valence-corrected chi connectivity index (χ0v) is 30.5. The molecule has 0 bridgehead atoms. The maximum Gasteiger partial charge on any atom is 0.414 e. The molecule has 0 saturated carbocycles. The number of nitrogens with two attached hydrogens (primary N) is 1. The van der Waals surface area contributed by atoms with Crippen molar-refractivity contribution in [2.24, 2.45) is 5.73 Å². The fourth-order valence-corrected chi connectivity index (χ4v) is 6.86. The van der Waals surface area contributed by atoms with E-state index in [2.05, 4.69) is 39.2 Å². The summed E-state index contributed by atoms with van der Waals surface area (Å²) >= 11 is 0. The van der Waals surface area contributed by atoms with E-state index >= 15 is 0 Å². The molecule has 262 valence electrons. The van der Waals surface area contributed by atoms with Crippen LogP contribution in [0.1, 0.15) is 79.8 Å². The van der Waals surface area contributed by atoms with Gasteiger partial charge in [-0.2, -0.15) is 0 Å². The summed E-state index contributed by atoms with van der Waals surface area (Å²) in [5.41, 5.74) is 7.04. The van der Waals surface area contributed by atoms with Gasteiger partial charge in [0.15, 0.2) is 8.32 Å². The Labute approximate surface area is 288 Å². The molecule has 0 fully saturated rings. The van der Waals surface area contributed by atoms with Gasteiger partial charge in [-0.05, 0) is 98.8 Å². The number of primary amides is 1. The van der Waals surface area contributed by atoms with Crippen LogP contribution in [0.3, 0.4) is 0 Å². The lowest BCUT2D eigenvalue weighted by molar-refractivity contribution is 0.00827. The second-order valence-electron chi connectivity index (χ2n) is 15.0. The molecule has 8 nitrogen and oxygen atoms in total. The number of nitrogens with one attached hydrogen (secondary N) is 1. The van der Waals surface area contributed by atoms with Crippen LogP contribution in [0.4, 0.5) is 13.6 Å². The molecule has 1 aliphatic rings. The first-order valence-electron chi connectivity index (χ1n) is 16.3. The highest BCUT2D eigenvalue weighted by molar-refractivity contribution is 6.74. The summed E-state index contributed by atoms with van der Waals surface area (Å²) in [6, 6.07) is 17.2. The summed E-state index contributed by atoms with van der Waals surface area (Å²) < 4.78 is 42.1. The first-order valence-corrected chi connectivity index (χ1v) is 19.3. The summed E-state index contributed by atoms with van der Waals surface area (Å²) in [6.07, 6.45) is 0.606. The van der Waals surface area contributed by atoms with Gasteiger partial charge in [-0.1, -0.05) is 57.2 Å². The van der Waals surface area contributed by atoms with Crippen LogP contribution >= 0.6 is 0 Å². The molecule has 0 spiro atoms. The molecular weight excluding hydrogens is 645 g/mol. The number of benzene rings is 3. The first-order chi connectivity index (χ1) is 22.7. The van der Waals surface area contributed by atoms with Gasteiger partial charge in [0, 0.05) is 23.4 Å². The van der Waals surface area contributed by atoms with Gasteiger partial charge in [0.25, 0.3) is 5.91 Å². The Morgan fingerprint density at radius 2 is 1.53 bits per heavy atom. The predicted molar refractivity (Wildman–Crippen MR) is 189 cm³/mol. The summed E-state index contributed by atoms with van der Waals surface area (Å²) in [6.45, 7) is 15.7. The van der Waals surface area contributed by atoms with E-state index in [-0.39, 0.29) is 28.1 Å². The number of ether oxygens (including phenoxy) is 1. The number of hydrogen-bond acceptors (Lipinski definition) is 5. The van der Waals surface area contributed by atoms with Crippen molar-refractivity contribution in [3.63, 3.8) is 0 Å². The molecule has 3 aromatic rings. The van der Waals surface area contributed by atoms with Crippen LogP contribution in [-0.4, -0.2) is 54.9 Å². The van der Waals surface area contributed by atoms with E-state index in [1.807, 2.05) is 30.3 Å². The fourth-order valence-electron chi connectivity index (χ4n) is 5.51. The minimum atomic E-state index is -2.67. The standard InChI is InChI=1S/C38H47F2N3O5Si/c1-37(2,3)47-36(46)43-23-28(25-13-10-9-11-14-25)21-32(43)33(48-49(7,8)38(4,5)6)31(19-24-17-29(39)22-30(40)18-24)42-35(45)27-16-12-15-26(20-27)34(41)44/h9-18,20,22-23,31-33H,19,21H2,1-8H3,(H2,41,44)(H,42,45)/t31-,32+,33-/m0/s1. The lowest BCUT2D eigenvalue weighted by Gasteiger charge is -2.45. The van der Waals surface area contributed by atoms with Crippen LogP contribution in [0.25, 0.3) is 5.57 Å². The number of carbonyl (C=O) groups excluding carboxylic acids is 3. The highest BCUT2D eigenvalue weighted by Gasteiger charge is 2.47. The molecule has 3 N–H and O–H groups in total. The molecule has 49 heavy (non-hydrogen) atoms. The molecule has 0 saturated heterocycles. The summed E-state index contributed by atoms with van der Waals surface area (Å²) in [5.74, 6) is -2.77. The molecule has 1 aliphatic heterocycles. The number of halogens is 2. The van der Waals surface area contributed by atoms with Crippen molar-refractivity contribution in [2.75, 3.05) is 0 Å². The molecule has 1 heterocycles. The maximum absolute atomic E-state index is 14.5. The number of carbonyl (C=O) groups is 3. The van der Waals surface area contributed by atoms with Crippen molar-refractivity contribution in [2.45, 2.75) is 96.3 Å². The van der Waals surface area contributed by atoms with Crippen LogP contribution in [0, 0.1) is 11.6 Å². The molecule has 11 heteroatoms. The molecule has 3 atom stereocenters. The van der Waals surface area contributed by atoms with Gasteiger partial charge in [-0.3, -0.25) is 14.5 Å². The van der Waals surface area contributed by atoms with E-state index < -0.39 is 61.6 Å². The lowest BCUT2D eigenvalue weighted by atomic mass is 9.92. The Morgan fingerprint density at radius 1 is 0.918 bits per heavy atom. The van der Waals surface area contributed by atoms with Crippen molar-refractivity contribution in [1.82, 2.24) is 10.2 Å².